The van der Waals surface area contributed by atoms with Gasteiger partial charge in [0.05, 0.1) is 11.7 Å². The van der Waals surface area contributed by atoms with E-state index in [1.165, 1.54) is 6.33 Å². The van der Waals surface area contributed by atoms with E-state index in [9.17, 15) is 4.79 Å². The molecule has 2 aromatic rings. The summed E-state index contributed by atoms with van der Waals surface area (Å²) in [4.78, 5) is 25.0. The second-order valence-electron chi connectivity index (χ2n) is 5.95. The topological polar surface area (TPSA) is 49.3 Å². The van der Waals surface area contributed by atoms with Crippen molar-refractivity contribution in [2.75, 3.05) is 22.9 Å². The zero-order valence-electron chi connectivity index (χ0n) is 14.2. The van der Waals surface area contributed by atoms with Gasteiger partial charge in [0.1, 0.15) is 11.3 Å². The highest BCUT2D eigenvalue weighted by Crippen LogP contribution is 2.31. The first-order valence-corrected chi connectivity index (χ1v) is 8.75. The highest BCUT2D eigenvalue weighted by molar-refractivity contribution is 6.33. The Morgan fingerprint density at radius 3 is 2.80 bits per heavy atom. The van der Waals surface area contributed by atoms with Gasteiger partial charge in [-0.25, -0.2) is 9.97 Å². The molecule has 1 aliphatic heterocycles. The Balaban J connectivity index is 1.90. The predicted molar refractivity (Wildman–Crippen MR) is 101 cm³/mol. The van der Waals surface area contributed by atoms with Crippen molar-refractivity contribution in [3.63, 3.8) is 0 Å². The molecule has 1 aliphatic rings. The van der Waals surface area contributed by atoms with Crippen molar-refractivity contribution in [2.24, 2.45) is 0 Å². The van der Waals surface area contributed by atoms with Crippen LogP contribution in [-0.2, 0) is 11.2 Å². The minimum absolute atomic E-state index is 0.0113. The lowest BCUT2D eigenvalue weighted by Gasteiger charge is -2.29. The number of benzene rings is 1. The Morgan fingerprint density at radius 2 is 2.12 bits per heavy atom. The molecule has 0 radical (unpaired) electrons. The summed E-state index contributed by atoms with van der Waals surface area (Å²) in [5.74, 6) is 0.771. The summed E-state index contributed by atoms with van der Waals surface area (Å²) < 4.78 is 0. The van der Waals surface area contributed by atoms with E-state index in [0.29, 0.717) is 30.4 Å². The summed E-state index contributed by atoms with van der Waals surface area (Å²) in [5.41, 5.74) is 1.72. The predicted octanol–water partition coefficient (Wildman–Crippen LogP) is 3.49. The molecule has 0 aliphatic carbocycles. The first-order valence-electron chi connectivity index (χ1n) is 8.38. The number of aromatic nitrogens is 2. The minimum atomic E-state index is -0.0113. The number of carbonyl (C=O) groups excluding carboxylic acids is 1. The molecule has 0 N–H and O–H groups in total. The first kappa shape index (κ1) is 17.4. The fourth-order valence-electron chi connectivity index (χ4n) is 3.14. The van der Waals surface area contributed by atoms with Crippen LogP contribution in [0.5, 0.6) is 0 Å². The maximum atomic E-state index is 12.5. The smallest absolute Gasteiger partial charge is 0.229 e. The van der Waals surface area contributed by atoms with Crippen molar-refractivity contribution in [2.45, 2.75) is 25.8 Å². The van der Waals surface area contributed by atoms with Crippen LogP contribution in [0.15, 0.2) is 49.3 Å². The molecule has 5 nitrogen and oxygen atoms in total. The molecule has 25 heavy (non-hydrogen) atoms. The molecular formula is C19H21ClN4O. The average molecular weight is 357 g/mol. The monoisotopic (exact) mass is 356 g/mol. The standard InChI is InChI=1S/C19H21ClN4O/c1-3-10-23(19-18(20)16(4-2)21-13-22-19)15-11-17(25)24(12-15)14-8-6-5-7-9-14/h3,5-9,13,15H,1,4,10-12H2,2H3. The Bertz CT molecular complexity index is 765. The van der Waals surface area contributed by atoms with Crippen molar-refractivity contribution in [1.29, 1.82) is 0 Å². The van der Waals surface area contributed by atoms with Gasteiger partial charge >= 0.3 is 0 Å². The first-order chi connectivity index (χ1) is 12.2. The normalized spacial score (nSPS) is 17.0. The molecule has 1 fully saturated rings. The molecule has 1 amide bonds. The van der Waals surface area contributed by atoms with Crippen LogP contribution in [0.1, 0.15) is 19.0 Å². The number of hydrogen-bond acceptors (Lipinski definition) is 4. The lowest BCUT2D eigenvalue weighted by molar-refractivity contribution is -0.117. The van der Waals surface area contributed by atoms with Crippen LogP contribution < -0.4 is 9.80 Å². The number of halogens is 1. The second kappa shape index (κ2) is 7.66. The van der Waals surface area contributed by atoms with Gasteiger partial charge in [-0.15, -0.1) is 6.58 Å². The lowest BCUT2D eigenvalue weighted by Crippen LogP contribution is -2.38. The molecule has 6 heteroatoms. The molecule has 1 atom stereocenters. The fourth-order valence-corrected chi connectivity index (χ4v) is 3.48. The summed E-state index contributed by atoms with van der Waals surface area (Å²) in [5, 5.41) is 0.553. The Hall–Kier alpha value is -2.40. The maximum absolute atomic E-state index is 12.5. The molecule has 1 aromatic heterocycles. The molecule has 0 bridgehead atoms. The van der Waals surface area contributed by atoms with Gasteiger partial charge in [-0.1, -0.05) is 42.8 Å². The van der Waals surface area contributed by atoms with Crippen molar-refractivity contribution < 1.29 is 4.79 Å². The summed E-state index contributed by atoms with van der Waals surface area (Å²) >= 11 is 6.51. The highest BCUT2D eigenvalue weighted by atomic mass is 35.5. The molecule has 130 valence electrons. The van der Waals surface area contributed by atoms with Crippen LogP contribution >= 0.6 is 11.6 Å². The zero-order valence-corrected chi connectivity index (χ0v) is 15.0. The van der Waals surface area contributed by atoms with Gasteiger partial charge in [0.15, 0.2) is 5.82 Å². The number of hydrogen-bond donors (Lipinski definition) is 0. The summed E-state index contributed by atoms with van der Waals surface area (Å²) in [6.45, 7) is 7.01. The van der Waals surface area contributed by atoms with Gasteiger partial charge < -0.3 is 9.80 Å². The number of para-hydroxylation sites is 1. The third kappa shape index (κ3) is 3.51. The number of carbonyl (C=O) groups is 1. The SMILES string of the molecule is C=CCN(c1ncnc(CC)c1Cl)C1CC(=O)N(c2ccccc2)C1. The molecular weight excluding hydrogens is 336 g/mol. The zero-order chi connectivity index (χ0) is 17.8. The van der Waals surface area contributed by atoms with Crippen LogP contribution in [0.25, 0.3) is 0 Å². The third-order valence-corrected chi connectivity index (χ3v) is 4.78. The maximum Gasteiger partial charge on any atom is 0.229 e. The summed E-state index contributed by atoms with van der Waals surface area (Å²) in [6.07, 6.45) is 4.49. The van der Waals surface area contributed by atoms with Crippen LogP contribution in [0, 0.1) is 0 Å². The molecule has 1 saturated heterocycles. The summed E-state index contributed by atoms with van der Waals surface area (Å²) in [7, 11) is 0. The van der Waals surface area contributed by atoms with Crippen LogP contribution in [0.4, 0.5) is 11.5 Å². The lowest BCUT2D eigenvalue weighted by atomic mass is 10.2. The van der Waals surface area contributed by atoms with Gasteiger partial charge in [-0.05, 0) is 18.6 Å². The van der Waals surface area contributed by atoms with Gasteiger partial charge in [0, 0.05) is 25.2 Å². The molecule has 3 rings (SSSR count). The summed E-state index contributed by atoms with van der Waals surface area (Å²) in [6, 6.07) is 9.70. The number of rotatable bonds is 6. The number of aryl methyl sites for hydroxylation is 1. The van der Waals surface area contributed by atoms with E-state index in [1.807, 2.05) is 42.2 Å². The minimum Gasteiger partial charge on any atom is -0.346 e. The van der Waals surface area contributed by atoms with E-state index in [-0.39, 0.29) is 11.9 Å². The Labute approximate surface area is 153 Å². The average Bonchev–Trinajstić information content (AvgIpc) is 3.02. The van der Waals surface area contributed by atoms with E-state index in [2.05, 4.69) is 21.4 Å². The van der Waals surface area contributed by atoms with E-state index in [4.69, 9.17) is 11.6 Å². The molecule has 1 unspecified atom stereocenters. The molecule has 0 saturated carbocycles. The van der Waals surface area contributed by atoms with E-state index >= 15 is 0 Å². The third-order valence-electron chi connectivity index (χ3n) is 4.39. The van der Waals surface area contributed by atoms with Crippen molar-refractivity contribution in [3.05, 3.63) is 60.0 Å². The Kier molecular flexibility index (Phi) is 5.34. The highest BCUT2D eigenvalue weighted by Gasteiger charge is 2.35. The fraction of sp³-hybridized carbons (Fsp3) is 0.316. The number of anilines is 2. The number of nitrogens with zero attached hydrogens (tertiary/aromatic N) is 4. The Morgan fingerprint density at radius 1 is 1.36 bits per heavy atom. The van der Waals surface area contributed by atoms with E-state index < -0.39 is 0 Å². The van der Waals surface area contributed by atoms with Gasteiger partial charge in [0.2, 0.25) is 5.91 Å². The molecule has 2 heterocycles. The van der Waals surface area contributed by atoms with Crippen LogP contribution in [0.3, 0.4) is 0 Å². The molecule has 0 spiro atoms. The second-order valence-corrected chi connectivity index (χ2v) is 6.33. The largest absolute Gasteiger partial charge is 0.346 e. The van der Waals surface area contributed by atoms with Crippen molar-refractivity contribution >= 4 is 29.0 Å². The van der Waals surface area contributed by atoms with Crippen molar-refractivity contribution in [3.8, 4) is 0 Å². The van der Waals surface area contributed by atoms with Gasteiger partial charge in [-0.2, -0.15) is 0 Å². The number of amides is 1. The van der Waals surface area contributed by atoms with Crippen LogP contribution in [-0.4, -0.2) is 35.0 Å². The van der Waals surface area contributed by atoms with Gasteiger partial charge in [0.25, 0.3) is 0 Å². The van der Waals surface area contributed by atoms with Crippen LogP contribution in [0.2, 0.25) is 5.02 Å². The van der Waals surface area contributed by atoms with Gasteiger partial charge in [-0.3, -0.25) is 4.79 Å². The van der Waals surface area contributed by atoms with E-state index in [0.717, 1.165) is 17.8 Å². The van der Waals surface area contributed by atoms with E-state index in [1.54, 1.807) is 6.08 Å². The molecule has 1 aromatic carbocycles. The van der Waals surface area contributed by atoms with Crippen molar-refractivity contribution in [1.82, 2.24) is 9.97 Å². The quantitative estimate of drug-likeness (QED) is 0.743.